The monoisotopic (exact) mass is 459 g/mol. The lowest BCUT2D eigenvalue weighted by atomic mass is 10.2. The predicted octanol–water partition coefficient (Wildman–Crippen LogP) is 4.91. The number of ether oxygens (including phenoxy) is 1. The summed E-state index contributed by atoms with van der Waals surface area (Å²) in [6.07, 6.45) is 2.21. The minimum absolute atomic E-state index is 0.131. The van der Waals surface area contributed by atoms with Gasteiger partial charge in [-0.1, -0.05) is 28.9 Å². The van der Waals surface area contributed by atoms with Crippen LogP contribution in [0.3, 0.4) is 0 Å². The third kappa shape index (κ3) is 3.90. The van der Waals surface area contributed by atoms with Crippen LogP contribution in [0.15, 0.2) is 46.3 Å². The van der Waals surface area contributed by atoms with Crippen molar-refractivity contribution in [1.29, 1.82) is 0 Å². The summed E-state index contributed by atoms with van der Waals surface area (Å²) < 4.78 is 13.4. The van der Waals surface area contributed by atoms with Crippen molar-refractivity contribution in [3.8, 4) is 22.2 Å². The van der Waals surface area contributed by atoms with E-state index >= 15 is 0 Å². The molecule has 0 aliphatic carbocycles. The van der Waals surface area contributed by atoms with Gasteiger partial charge in [0.1, 0.15) is 5.25 Å². The van der Waals surface area contributed by atoms with E-state index in [1.54, 1.807) is 23.5 Å². The van der Waals surface area contributed by atoms with Gasteiger partial charge in [0.25, 0.3) is 5.89 Å². The van der Waals surface area contributed by atoms with Gasteiger partial charge >= 0.3 is 0 Å². The van der Waals surface area contributed by atoms with Gasteiger partial charge in [0.2, 0.25) is 0 Å². The van der Waals surface area contributed by atoms with Crippen molar-refractivity contribution in [3.63, 3.8) is 0 Å². The van der Waals surface area contributed by atoms with Gasteiger partial charge in [-0.2, -0.15) is 17.6 Å². The van der Waals surface area contributed by atoms with E-state index in [2.05, 4.69) is 24.9 Å². The summed E-state index contributed by atoms with van der Waals surface area (Å²) in [7, 11) is 0. The van der Waals surface area contributed by atoms with Crippen molar-refractivity contribution < 1.29 is 9.26 Å². The molecular formula is C20H18ClN5O2S2. The van der Waals surface area contributed by atoms with Crippen LogP contribution in [-0.4, -0.2) is 37.6 Å². The molecule has 154 valence electrons. The summed E-state index contributed by atoms with van der Waals surface area (Å²) >= 11 is 12.5. The molecule has 1 aliphatic rings. The van der Waals surface area contributed by atoms with Crippen molar-refractivity contribution in [1.82, 2.24) is 24.9 Å². The smallest absolute Gasteiger partial charge is 0.258 e. The van der Waals surface area contributed by atoms with E-state index in [4.69, 9.17) is 33.5 Å². The lowest BCUT2D eigenvalue weighted by Gasteiger charge is -2.16. The van der Waals surface area contributed by atoms with Crippen LogP contribution in [0.2, 0.25) is 5.02 Å². The fourth-order valence-electron chi connectivity index (χ4n) is 3.48. The molecule has 5 rings (SSSR count). The van der Waals surface area contributed by atoms with Crippen LogP contribution in [0.1, 0.15) is 29.7 Å². The zero-order chi connectivity index (χ0) is 20.5. The highest BCUT2D eigenvalue weighted by Gasteiger charge is 2.28. The molecule has 4 heterocycles. The first-order valence-electron chi connectivity index (χ1n) is 9.55. The maximum atomic E-state index is 6.08. The van der Waals surface area contributed by atoms with Gasteiger partial charge in [0.05, 0.1) is 17.5 Å². The third-order valence-corrected chi connectivity index (χ3v) is 6.50. The Bertz CT molecular complexity index is 1140. The van der Waals surface area contributed by atoms with Gasteiger partial charge in [-0.25, -0.2) is 0 Å². The Hall–Kier alpha value is -2.20. The number of rotatable bonds is 6. The number of halogens is 1. The molecule has 0 radical (unpaired) electrons. The van der Waals surface area contributed by atoms with Gasteiger partial charge in [-0.3, -0.25) is 0 Å². The molecule has 10 heteroatoms. The highest BCUT2D eigenvalue weighted by molar-refractivity contribution is 7.80. The average molecular weight is 460 g/mol. The van der Waals surface area contributed by atoms with E-state index in [-0.39, 0.29) is 6.10 Å². The largest absolute Gasteiger partial charge is 0.376 e. The van der Waals surface area contributed by atoms with Gasteiger partial charge in [0, 0.05) is 17.2 Å². The van der Waals surface area contributed by atoms with Crippen LogP contribution in [0.25, 0.3) is 22.2 Å². The number of aromatic nitrogens is 5. The first kappa shape index (κ1) is 19.7. The van der Waals surface area contributed by atoms with Gasteiger partial charge in [0.15, 0.2) is 17.5 Å². The summed E-state index contributed by atoms with van der Waals surface area (Å²) in [5.41, 5.74) is 0.752. The highest BCUT2D eigenvalue weighted by atomic mass is 35.5. The molecule has 1 aromatic carbocycles. The molecule has 1 saturated heterocycles. The molecule has 0 bridgehead atoms. The van der Waals surface area contributed by atoms with E-state index < -0.39 is 5.25 Å². The Balaban J connectivity index is 1.49. The van der Waals surface area contributed by atoms with E-state index in [9.17, 15) is 0 Å². The quantitative estimate of drug-likeness (QED) is 0.413. The maximum absolute atomic E-state index is 6.08. The lowest BCUT2D eigenvalue weighted by Crippen LogP contribution is -2.19. The summed E-state index contributed by atoms with van der Waals surface area (Å²) in [6, 6.07) is 11.3. The van der Waals surface area contributed by atoms with Crippen molar-refractivity contribution in [2.24, 2.45) is 0 Å². The molecule has 2 atom stereocenters. The SMILES string of the molecule is SC(c1noc(-c2cccc(Cl)c2)n1)c1nnc(-c2cccs2)n1CC1CCCO1. The molecule has 30 heavy (non-hydrogen) atoms. The average Bonchev–Trinajstić information content (AvgIpc) is 3.55. The Kier molecular flexibility index (Phi) is 5.60. The van der Waals surface area contributed by atoms with E-state index in [1.165, 1.54) is 0 Å². The summed E-state index contributed by atoms with van der Waals surface area (Å²) in [5.74, 6) is 2.27. The zero-order valence-electron chi connectivity index (χ0n) is 15.8. The fourth-order valence-corrected chi connectivity index (χ4v) is 4.68. The highest BCUT2D eigenvalue weighted by Crippen LogP contribution is 2.32. The van der Waals surface area contributed by atoms with Crippen molar-refractivity contribution >= 4 is 35.6 Å². The van der Waals surface area contributed by atoms with Crippen molar-refractivity contribution in [2.45, 2.75) is 30.7 Å². The minimum Gasteiger partial charge on any atom is -0.376 e. The molecule has 0 spiro atoms. The van der Waals surface area contributed by atoms with Gasteiger partial charge in [-0.15, -0.1) is 21.5 Å². The normalized spacial score (nSPS) is 17.5. The van der Waals surface area contributed by atoms with Crippen LogP contribution in [0.5, 0.6) is 0 Å². The van der Waals surface area contributed by atoms with E-state index in [0.29, 0.717) is 29.1 Å². The lowest BCUT2D eigenvalue weighted by molar-refractivity contribution is 0.0966. The third-order valence-electron chi connectivity index (χ3n) is 4.93. The molecule has 2 unspecified atom stereocenters. The summed E-state index contributed by atoms with van der Waals surface area (Å²) in [5, 5.41) is 15.1. The van der Waals surface area contributed by atoms with Gasteiger partial charge < -0.3 is 13.8 Å². The molecular weight excluding hydrogens is 442 g/mol. The second kappa shape index (κ2) is 8.50. The first-order valence-corrected chi connectivity index (χ1v) is 11.3. The molecule has 0 amide bonds. The molecule has 1 fully saturated rings. The number of thiol groups is 1. The fraction of sp³-hybridized carbons (Fsp3) is 0.300. The number of nitrogens with zero attached hydrogens (tertiary/aromatic N) is 5. The Morgan fingerprint density at radius 3 is 2.97 bits per heavy atom. The predicted molar refractivity (Wildman–Crippen MR) is 118 cm³/mol. The van der Waals surface area contributed by atoms with E-state index in [0.717, 1.165) is 35.7 Å². The second-order valence-electron chi connectivity index (χ2n) is 6.98. The van der Waals surface area contributed by atoms with Crippen molar-refractivity contribution in [3.05, 3.63) is 58.4 Å². The molecule has 0 N–H and O–H groups in total. The standard InChI is InChI=1S/C20H18ClN5O2S2/c21-13-5-1-4-12(10-13)20-22-17(25-28-20)16(29)19-24-23-18(15-7-3-9-30-15)26(19)11-14-6-2-8-27-14/h1,3-5,7,9-10,14,16,29H,2,6,8,11H2. The Labute approximate surface area is 187 Å². The van der Waals surface area contributed by atoms with Crippen LogP contribution in [0, 0.1) is 0 Å². The number of thiophene rings is 1. The van der Waals surface area contributed by atoms with Crippen LogP contribution >= 0.6 is 35.6 Å². The number of hydrogen-bond donors (Lipinski definition) is 1. The molecule has 1 aliphatic heterocycles. The van der Waals surface area contributed by atoms with Crippen molar-refractivity contribution in [2.75, 3.05) is 6.61 Å². The van der Waals surface area contributed by atoms with Gasteiger partial charge in [-0.05, 0) is 42.5 Å². The van der Waals surface area contributed by atoms with Crippen LogP contribution in [-0.2, 0) is 11.3 Å². The van der Waals surface area contributed by atoms with Crippen LogP contribution < -0.4 is 0 Å². The molecule has 7 nitrogen and oxygen atoms in total. The topological polar surface area (TPSA) is 78.9 Å². The number of benzene rings is 1. The Morgan fingerprint density at radius 1 is 1.27 bits per heavy atom. The second-order valence-corrected chi connectivity index (χ2v) is 8.88. The molecule has 4 aromatic rings. The number of hydrogen-bond acceptors (Lipinski definition) is 8. The first-order chi connectivity index (χ1) is 14.7. The van der Waals surface area contributed by atoms with Crippen LogP contribution in [0.4, 0.5) is 0 Å². The molecule has 3 aromatic heterocycles. The summed E-state index contributed by atoms with van der Waals surface area (Å²) in [4.78, 5) is 5.56. The molecule has 0 saturated carbocycles. The summed E-state index contributed by atoms with van der Waals surface area (Å²) in [6.45, 7) is 1.44. The van der Waals surface area contributed by atoms with E-state index in [1.807, 2.05) is 29.6 Å². The minimum atomic E-state index is -0.496. The Morgan fingerprint density at radius 2 is 2.20 bits per heavy atom. The zero-order valence-corrected chi connectivity index (χ0v) is 18.3. The maximum Gasteiger partial charge on any atom is 0.258 e.